The molecule has 2 rings (SSSR count). The molecule has 0 aliphatic rings. The second-order valence-corrected chi connectivity index (χ2v) is 7.68. The van der Waals surface area contributed by atoms with Gasteiger partial charge in [-0.05, 0) is 50.7 Å². The fraction of sp³-hybridized carbons (Fsp3) is 0.524. The SMILES string of the molecule is Cc1cc(C)n(CCCC(=O)NC(C)CC(C)(C)c2ccccc2)n1. The van der Waals surface area contributed by atoms with Gasteiger partial charge in [-0.3, -0.25) is 9.48 Å². The van der Waals surface area contributed by atoms with Gasteiger partial charge in [0.05, 0.1) is 5.69 Å². The van der Waals surface area contributed by atoms with Gasteiger partial charge in [0.15, 0.2) is 0 Å². The first-order valence-corrected chi connectivity index (χ1v) is 9.14. The molecule has 136 valence electrons. The van der Waals surface area contributed by atoms with Crippen LogP contribution < -0.4 is 5.32 Å². The number of aromatic nitrogens is 2. The minimum Gasteiger partial charge on any atom is -0.354 e. The van der Waals surface area contributed by atoms with E-state index in [4.69, 9.17) is 0 Å². The molecule has 2 aromatic rings. The number of hydrogen-bond donors (Lipinski definition) is 1. The van der Waals surface area contributed by atoms with Gasteiger partial charge in [-0.1, -0.05) is 44.2 Å². The summed E-state index contributed by atoms with van der Waals surface area (Å²) in [6.07, 6.45) is 2.26. The Bertz CT molecular complexity index is 688. The molecule has 4 heteroatoms. The van der Waals surface area contributed by atoms with Crippen molar-refractivity contribution in [3.8, 4) is 0 Å². The molecule has 0 aliphatic carbocycles. The normalized spacial score (nSPS) is 12.8. The molecule has 0 saturated heterocycles. The van der Waals surface area contributed by atoms with E-state index in [2.05, 4.69) is 61.5 Å². The van der Waals surface area contributed by atoms with Crippen molar-refractivity contribution in [3.05, 3.63) is 53.3 Å². The molecule has 1 unspecified atom stereocenters. The summed E-state index contributed by atoms with van der Waals surface area (Å²) in [5, 5.41) is 7.58. The van der Waals surface area contributed by atoms with Crippen LogP contribution in [-0.2, 0) is 16.8 Å². The van der Waals surface area contributed by atoms with Crippen LogP contribution in [0.2, 0.25) is 0 Å². The number of rotatable bonds is 8. The number of nitrogens with one attached hydrogen (secondary N) is 1. The van der Waals surface area contributed by atoms with E-state index in [1.807, 2.05) is 24.6 Å². The first-order chi connectivity index (χ1) is 11.8. The van der Waals surface area contributed by atoms with Crippen LogP contribution in [0.3, 0.4) is 0 Å². The van der Waals surface area contributed by atoms with Crippen molar-refractivity contribution in [2.75, 3.05) is 0 Å². The Morgan fingerprint density at radius 1 is 1.24 bits per heavy atom. The molecule has 0 aliphatic heterocycles. The molecule has 1 amide bonds. The average molecular weight is 341 g/mol. The van der Waals surface area contributed by atoms with Gasteiger partial charge in [-0.25, -0.2) is 0 Å². The minimum absolute atomic E-state index is 0.0393. The third-order valence-corrected chi connectivity index (χ3v) is 4.66. The molecule has 25 heavy (non-hydrogen) atoms. The maximum atomic E-state index is 12.2. The minimum atomic E-state index is 0.0393. The lowest BCUT2D eigenvalue weighted by Crippen LogP contribution is -2.37. The van der Waals surface area contributed by atoms with Crippen molar-refractivity contribution in [1.82, 2.24) is 15.1 Å². The maximum absolute atomic E-state index is 12.2. The van der Waals surface area contributed by atoms with Gasteiger partial charge in [-0.2, -0.15) is 5.10 Å². The van der Waals surface area contributed by atoms with E-state index in [0.29, 0.717) is 6.42 Å². The Kier molecular flexibility index (Phi) is 6.40. The molecule has 0 fully saturated rings. The number of carbonyl (C=O) groups is 1. The zero-order valence-electron chi connectivity index (χ0n) is 16.2. The third kappa shape index (κ3) is 5.73. The van der Waals surface area contributed by atoms with Crippen molar-refractivity contribution in [2.45, 2.75) is 71.9 Å². The van der Waals surface area contributed by atoms with E-state index in [-0.39, 0.29) is 17.4 Å². The summed E-state index contributed by atoms with van der Waals surface area (Å²) in [7, 11) is 0. The van der Waals surface area contributed by atoms with Crippen LogP contribution in [0.15, 0.2) is 36.4 Å². The highest BCUT2D eigenvalue weighted by Gasteiger charge is 2.23. The first kappa shape index (κ1) is 19.2. The lowest BCUT2D eigenvalue weighted by atomic mass is 9.79. The van der Waals surface area contributed by atoms with Crippen molar-refractivity contribution in [2.24, 2.45) is 0 Å². The zero-order valence-corrected chi connectivity index (χ0v) is 16.2. The summed E-state index contributed by atoms with van der Waals surface area (Å²) in [4.78, 5) is 12.2. The molecule has 4 nitrogen and oxygen atoms in total. The van der Waals surface area contributed by atoms with Gasteiger partial charge in [0.25, 0.3) is 0 Å². The molecular weight excluding hydrogens is 310 g/mol. The van der Waals surface area contributed by atoms with E-state index >= 15 is 0 Å². The fourth-order valence-electron chi connectivity index (χ4n) is 3.46. The van der Waals surface area contributed by atoms with Gasteiger partial charge in [0, 0.05) is 24.7 Å². The summed E-state index contributed by atoms with van der Waals surface area (Å²) in [6, 6.07) is 12.7. The van der Waals surface area contributed by atoms with Crippen molar-refractivity contribution < 1.29 is 4.79 Å². The second kappa shape index (κ2) is 8.32. The van der Waals surface area contributed by atoms with E-state index in [1.54, 1.807) is 0 Å². The Hall–Kier alpha value is -2.10. The smallest absolute Gasteiger partial charge is 0.220 e. The number of carbonyl (C=O) groups excluding carboxylic acids is 1. The lowest BCUT2D eigenvalue weighted by molar-refractivity contribution is -0.121. The summed E-state index contributed by atoms with van der Waals surface area (Å²) >= 11 is 0. The molecule has 1 aromatic carbocycles. The first-order valence-electron chi connectivity index (χ1n) is 9.14. The van der Waals surface area contributed by atoms with E-state index < -0.39 is 0 Å². The molecule has 0 radical (unpaired) electrons. The van der Waals surface area contributed by atoms with Crippen LogP contribution in [0.5, 0.6) is 0 Å². The molecule has 1 N–H and O–H groups in total. The van der Waals surface area contributed by atoms with Crippen molar-refractivity contribution >= 4 is 5.91 Å². The van der Waals surface area contributed by atoms with Crippen LogP contribution in [0.4, 0.5) is 0 Å². The number of amides is 1. The molecular formula is C21H31N3O. The molecule has 0 bridgehead atoms. The van der Waals surface area contributed by atoms with Gasteiger partial charge < -0.3 is 5.32 Å². The quantitative estimate of drug-likeness (QED) is 0.784. The highest BCUT2D eigenvalue weighted by Crippen LogP contribution is 2.28. The zero-order chi connectivity index (χ0) is 18.4. The Morgan fingerprint density at radius 2 is 1.92 bits per heavy atom. The summed E-state index contributed by atoms with van der Waals surface area (Å²) in [5.41, 5.74) is 3.52. The van der Waals surface area contributed by atoms with Crippen LogP contribution in [0.25, 0.3) is 0 Å². The monoisotopic (exact) mass is 341 g/mol. The largest absolute Gasteiger partial charge is 0.354 e. The topological polar surface area (TPSA) is 46.9 Å². The standard InChI is InChI=1S/C21H31N3O/c1-16-14-18(3)24(23-16)13-9-12-20(25)22-17(2)15-21(4,5)19-10-7-6-8-11-19/h6-8,10-11,14,17H,9,12-13,15H2,1-5H3,(H,22,25). The van der Waals surface area contributed by atoms with E-state index in [9.17, 15) is 4.79 Å². The van der Waals surface area contributed by atoms with Gasteiger partial charge in [-0.15, -0.1) is 0 Å². The Labute approximate surface area is 151 Å². The fourth-order valence-corrected chi connectivity index (χ4v) is 3.46. The number of benzene rings is 1. The highest BCUT2D eigenvalue weighted by molar-refractivity contribution is 5.76. The third-order valence-electron chi connectivity index (χ3n) is 4.66. The maximum Gasteiger partial charge on any atom is 0.220 e. The number of hydrogen-bond acceptors (Lipinski definition) is 2. The van der Waals surface area contributed by atoms with Crippen molar-refractivity contribution in [1.29, 1.82) is 0 Å². The van der Waals surface area contributed by atoms with E-state index in [0.717, 1.165) is 30.8 Å². The summed E-state index contributed by atoms with van der Waals surface area (Å²) < 4.78 is 1.98. The Balaban J connectivity index is 1.77. The molecule has 1 atom stereocenters. The van der Waals surface area contributed by atoms with Crippen LogP contribution in [0.1, 0.15) is 57.0 Å². The van der Waals surface area contributed by atoms with E-state index in [1.165, 1.54) is 5.56 Å². The lowest BCUT2D eigenvalue weighted by Gasteiger charge is -2.29. The molecule has 1 heterocycles. The van der Waals surface area contributed by atoms with Crippen LogP contribution in [0, 0.1) is 13.8 Å². The molecule has 0 saturated carbocycles. The van der Waals surface area contributed by atoms with Crippen LogP contribution in [-0.4, -0.2) is 21.7 Å². The van der Waals surface area contributed by atoms with Gasteiger partial charge in [0.2, 0.25) is 5.91 Å². The predicted molar refractivity (Wildman–Crippen MR) is 103 cm³/mol. The number of aryl methyl sites for hydroxylation is 3. The van der Waals surface area contributed by atoms with Gasteiger partial charge >= 0.3 is 0 Å². The summed E-state index contributed by atoms with van der Waals surface area (Å²) in [5.74, 6) is 0.123. The predicted octanol–water partition coefficient (Wildman–Crippen LogP) is 4.15. The van der Waals surface area contributed by atoms with Crippen LogP contribution >= 0.6 is 0 Å². The Morgan fingerprint density at radius 3 is 2.52 bits per heavy atom. The number of nitrogens with zero attached hydrogens (tertiary/aromatic N) is 2. The van der Waals surface area contributed by atoms with Gasteiger partial charge in [0.1, 0.15) is 0 Å². The summed E-state index contributed by atoms with van der Waals surface area (Å²) in [6.45, 7) is 11.4. The molecule has 0 spiro atoms. The average Bonchev–Trinajstić information content (AvgIpc) is 2.85. The second-order valence-electron chi connectivity index (χ2n) is 7.68. The van der Waals surface area contributed by atoms with Crippen molar-refractivity contribution in [3.63, 3.8) is 0 Å². The highest BCUT2D eigenvalue weighted by atomic mass is 16.1. The molecule has 1 aromatic heterocycles.